The van der Waals surface area contributed by atoms with Crippen molar-refractivity contribution in [1.29, 1.82) is 5.26 Å². The van der Waals surface area contributed by atoms with E-state index in [0.29, 0.717) is 17.3 Å². The molecular formula is C13H19N3. The van der Waals surface area contributed by atoms with Gasteiger partial charge in [-0.25, -0.2) is 0 Å². The van der Waals surface area contributed by atoms with Gasteiger partial charge in [-0.05, 0) is 25.5 Å². The molecule has 0 aromatic heterocycles. The average Bonchev–Trinajstić information content (AvgIpc) is 2.29. The fourth-order valence-corrected chi connectivity index (χ4v) is 1.64. The molecule has 3 N–H and O–H groups in total. The maximum atomic E-state index is 8.86. The number of hydrogen-bond acceptors (Lipinski definition) is 3. The van der Waals surface area contributed by atoms with E-state index in [4.69, 9.17) is 11.0 Å². The van der Waals surface area contributed by atoms with Crippen molar-refractivity contribution in [1.82, 2.24) is 0 Å². The lowest BCUT2D eigenvalue weighted by Crippen LogP contribution is -2.16. The average molecular weight is 217 g/mol. The molecule has 0 saturated heterocycles. The molecule has 1 atom stereocenters. The van der Waals surface area contributed by atoms with E-state index in [0.717, 1.165) is 12.1 Å². The molecule has 0 saturated carbocycles. The molecule has 1 aromatic carbocycles. The molecule has 0 radical (unpaired) electrons. The lowest BCUT2D eigenvalue weighted by atomic mass is 10.1. The van der Waals surface area contributed by atoms with Crippen molar-refractivity contribution in [3.8, 4) is 6.07 Å². The van der Waals surface area contributed by atoms with E-state index < -0.39 is 0 Å². The topological polar surface area (TPSA) is 61.8 Å². The van der Waals surface area contributed by atoms with Gasteiger partial charge in [-0.3, -0.25) is 0 Å². The van der Waals surface area contributed by atoms with Gasteiger partial charge in [-0.1, -0.05) is 25.8 Å². The minimum absolute atomic E-state index is 0.385. The number of hydrogen-bond donors (Lipinski definition) is 2. The minimum Gasteiger partial charge on any atom is -0.396 e. The van der Waals surface area contributed by atoms with Crippen molar-refractivity contribution in [3.63, 3.8) is 0 Å². The molecule has 0 aliphatic carbocycles. The summed E-state index contributed by atoms with van der Waals surface area (Å²) in [6.07, 6.45) is 3.51. The number of benzene rings is 1. The van der Waals surface area contributed by atoms with Crippen LogP contribution in [0.1, 0.15) is 38.7 Å². The van der Waals surface area contributed by atoms with Gasteiger partial charge >= 0.3 is 0 Å². The lowest BCUT2D eigenvalue weighted by Gasteiger charge is -2.16. The predicted octanol–water partition coefficient (Wildman–Crippen LogP) is 3.13. The van der Waals surface area contributed by atoms with Crippen LogP contribution in [0.5, 0.6) is 0 Å². The lowest BCUT2D eigenvalue weighted by molar-refractivity contribution is 0.645. The summed E-state index contributed by atoms with van der Waals surface area (Å²) in [5.74, 6) is 0. The summed E-state index contributed by atoms with van der Waals surface area (Å²) in [5, 5.41) is 12.2. The van der Waals surface area contributed by atoms with Crippen molar-refractivity contribution < 1.29 is 0 Å². The Hall–Kier alpha value is -1.69. The minimum atomic E-state index is 0.385. The van der Waals surface area contributed by atoms with Crippen LogP contribution in [0, 0.1) is 11.3 Å². The van der Waals surface area contributed by atoms with Gasteiger partial charge in [-0.15, -0.1) is 0 Å². The van der Waals surface area contributed by atoms with Crippen molar-refractivity contribution in [3.05, 3.63) is 23.8 Å². The number of nitrogens with two attached hydrogens (primary N) is 1. The quantitative estimate of drug-likeness (QED) is 0.745. The monoisotopic (exact) mass is 217 g/mol. The third-order valence-corrected chi connectivity index (χ3v) is 2.62. The Kier molecular flexibility index (Phi) is 4.65. The molecule has 0 amide bonds. The molecule has 16 heavy (non-hydrogen) atoms. The summed E-state index contributed by atoms with van der Waals surface area (Å²) in [6.45, 7) is 4.31. The Bertz CT molecular complexity index is 379. The number of nitrogens with one attached hydrogen (secondary N) is 1. The Morgan fingerprint density at radius 1 is 1.50 bits per heavy atom. The number of rotatable bonds is 5. The van der Waals surface area contributed by atoms with Crippen LogP contribution in [0.25, 0.3) is 0 Å². The van der Waals surface area contributed by atoms with E-state index in [9.17, 15) is 0 Å². The van der Waals surface area contributed by atoms with Crippen LogP contribution in [0.3, 0.4) is 0 Å². The fraction of sp³-hybridized carbons (Fsp3) is 0.462. The third-order valence-electron chi connectivity index (χ3n) is 2.62. The molecule has 0 bridgehead atoms. The predicted molar refractivity (Wildman–Crippen MR) is 68.2 cm³/mol. The normalized spacial score (nSPS) is 11.8. The van der Waals surface area contributed by atoms with Crippen molar-refractivity contribution in [2.45, 2.75) is 39.2 Å². The maximum absolute atomic E-state index is 8.86. The second kappa shape index (κ2) is 6.02. The van der Waals surface area contributed by atoms with Gasteiger partial charge in [0.2, 0.25) is 0 Å². The summed E-state index contributed by atoms with van der Waals surface area (Å²) in [6, 6.07) is 7.97. The Labute approximate surface area is 97.3 Å². The second-order valence-corrected chi connectivity index (χ2v) is 4.07. The number of nitrogen functional groups attached to an aromatic ring is 1. The van der Waals surface area contributed by atoms with Crippen LogP contribution in [0.2, 0.25) is 0 Å². The van der Waals surface area contributed by atoms with E-state index in [1.165, 1.54) is 12.8 Å². The fourth-order valence-electron chi connectivity index (χ4n) is 1.64. The maximum Gasteiger partial charge on any atom is 0.101 e. The zero-order valence-corrected chi connectivity index (χ0v) is 9.96. The van der Waals surface area contributed by atoms with E-state index in [1.54, 1.807) is 6.07 Å². The molecule has 0 fully saturated rings. The van der Waals surface area contributed by atoms with Crippen LogP contribution in [0.4, 0.5) is 11.4 Å². The molecule has 1 unspecified atom stereocenters. The largest absolute Gasteiger partial charge is 0.396 e. The molecule has 0 aliphatic rings. The summed E-state index contributed by atoms with van der Waals surface area (Å²) >= 11 is 0. The highest BCUT2D eigenvalue weighted by Gasteiger charge is 2.06. The summed E-state index contributed by atoms with van der Waals surface area (Å²) < 4.78 is 0. The van der Waals surface area contributed by atoms with Crippen LogP contribution >= 0.6 is 0 Å². The van der Waals surface area contributed by atoms with Gasteiger partial charge in [0.15, 0.2) is 0 Å². The number of nitriles is 1. The molecule has 3 heteroatoms. The molecule has 0 aliphatic heterocycles. The van der Waals surface area contributed by atoms with Crippen LogP contribution in [0.15, 0.2) is 18.2 Å². The Morgan fingerprint density at radius 2 is 2.25 bits per heavy atom. The Morgan fingerprint density at radius 3 is 2.88 bits per heavy atom. The first-order chi connectivity index (χ1) is 7.69. The van der Waals surface area contributed by atoms with Gasteiger partial charge < -0.3 is 11.1 Å². The highest BCUT2D eigenvalue weighted by Crippen LogP contribution is 2.23. The number of nitrogens with zero attached hydrogens (tertiary/aromatic N) is 1. The molecule has 0 heterocycles. The zero-order valence-electron chi connectivity index (χ0n) is 9.96. The van der Waals surface area contributed by atoms with E-state index in [1.807, 2.05) is 12.1 Å². The molecular weight excluding hydrogens is 198 g/mol. The number of para-hydroxylation sites is 1. The Balaban J connectivity index is 2.70. The molecule has 86 valence electrons. The van der Waals surface area contributed by atoms with Gasteiger partial charge in [0.1, 0.15) is 6.07 Å². The van der Waals surface area contributed by atoms with Gasteiger partial charge in [-0.2, -0.15) is 5.26 Å². The van der Waals surface area contributed by atoms with Crippen molar-refractivity contribution >= 4 is 11.4 Å². The van der Waals surface area contributed by atoms with Crippen molar-refractivity contribution in [2.24, 2.45) is 0 Å². The van der Waals surface area contributed by atoms with Crippen LogP contribution in [-0.4, -0.2) is 6.04 Å². The van der Waals surface area contributed by atoms with Crippen LogP contribution in [-0.2, 0) is 0 Å². The molecule has 1 rings (SSSR count). The van der Waals surface area contributed by atoms with Gasteiger partial charge in [0.25, 0.3) is 0 Å². The first-order valence-electron chi connectivity index (χ1n) is 5.74. The highest BCUT2D eigenvalue weighted by molar-refractivity contribution is 5.73. The molecule has 3 nitrogen and oxygen atoms in total. The SMILES string of the molecule is CCCCC(C)Nc1cccc(C#N)c1N. The van der Waals surface area contributed by atoms with E-state index in [-0.39, 0.29) is 0 Å². The summed E-state index contributed by atoms with van der Waals surface area (Å²) in [4.78, 5) is 0. The first-order valence-corrected chi connectivity index (χ1v) is 5.74. The standard InChI is InChI=1S/C13H19N3/c1-3-4-6-10(2)16-12-8-5-7-11(9-14)13(12)15/h5,7-8,10,16H,3-4,6,15H2,1-2H3. The van der Waals surface area contributed by atoms with Gasteiger partial charge in [0, 0.05) is 6.04 Å². The molecule has 0 spiro atoms. The van der Waals surface area contributed by atoms with Crippen LogP contribution < -0.4 is 11.1 Å². The second-order valence-electron chi connectivity index (χ2n) is 4.07. The van der Waals surface area contributed by atoms with E-state index >= 15 is 0 Å². The smallest absolute Gasteiger partial charge is 0.101 e. The first kappa shape index (κ1) is 12.4. The van der Waals surface area contributed by atoms with E-state index in [2.05, 4.69) is 25.2 Å². The molecule has 1 aromatic rings. The third kappa shape index (κ3) is 3.16. The van der Waals surface area contributed by atoms with Crippen molar-refractivity contribution in [2.75, 3.05) is 11.1 Å². The van der Waals surface area contributed by atoms with Gasteiger partial charge in [0.05, 0.1) is 16.9 Å². The zero-order chi connectivity index (χ0) is 12.0. The number of unbranched alkanes of at least 4 members (excludes halogenated alkanes) is 1. The highest BCUT2D eigenvalue weighted by atomic mass is 14.9. The summed E-state index contributed by atoms with van der Waals surface area (Å²) in [7, 11) is 0. The summed E-state index contributed by atoms with van der Waals surface area (Å²) in [5.41, 5.74) is 7.83. The number of anilines is 2.